The molecule has 1 fully saturated rings. The predicted octanol–water partition coefficient (Wildman–Crippen LogP) is 0.807. The van der Waals surface area contributed by atoms with Gasteiger partial charge in [0.25, 0.3) is 0 Å². The maximum atomic E-state index is 10.7. The average Bonchev–Trinajstić information content (AvgIpc) is 2.31. The third-order valence-electron chi connectivity index (χ3n) is 2.57. The van der Waals surface area contributed by atoms with Crippen molar-refractivity contribution in [2.24, 2.45) is 0 Å². The smallest absolute Gasteiger partial charge is 0.147 e. The van der Waals surface area contributed by atoms with Crippen LogP contribution in [0, 0.1) is 0 Å². The molecular weight excluding hydrogens is 188 g/mol. The van der Waals surface area contributed by atoms with Gasteiger partial charge in [0.2, 0.25) is 0 Å². The minimum absolute atomic E-state index is 0.635. The summed E-state index contributed by atoms with van der Waals surface area (Å²) >= 11 is 0. The SMILES string of the molecule is O=C=C1CNCCN1Cc1ccccc1. The van der Waals surface area contributed by atoms with Crippen LogP contribution in [0.2, 0.25) is 0 Å². The van der Waals surface area contributed by atoms with Crippen LogP contribution in [0.15, 0.2) is 36.0 Å². The van der Waals surface area contributed by atoms with Crippen molar-refractivity contribution in [3.05, 3.63) is 41.6 Å². The standard InChI is InChI=1S/C12H14N2O/c15-10-12-8-13-6-7-14(12)9-11-4-2-1-3-5-11/h1-5,13H,6-9H2. The molecule has 1 aliphatic rings. The molecular formula is C12H14N2O. The van der Waals surface area contributed by atoms with Crippen LogP contribution in [0.4, 0.5) is 0 Å². The molecule has 3 heteroatoms. The minimum atomic E-state index is 0.635. The van der Waals surface area contributed by atoms with Gasteiger partial charge in [-0.3, -0.25) is 0 Å². The van der Waals surface area contributed by atoms with E-state index in [4.69, 9.17) is 0 Å². The number of rotatable bonds is 2. The van der Waals surface area contributed by atoms with Crippen molar-refractivity contribution in [3.8, 4) is 0 Å². The molecule has 0 bridgehead atoms. The Kier molecular flexibility index (Phi) is 3.18. The lowest BCUT2D eigenvalue weighted by atomic mass is 10.2. The van der Waals surface area contributed by atoms with Crippen LogP contribution in [0.3, 0.4) is 0 Å². The molecule has 0 amide bonds. The van der Waals surface area contributed by atoms with Gasteiger partial charge in [-0.15, -0.1) is 0 Å². The van der Waals surface area contributed by atoms with Crippen molar-refractivity contribution in [3.63, 3.8) is 0 Å². The second-order valence-corrected chi connectivity index (χ2v) is 3.63. The van der Waals surface area contributed by atoms with E-state index in [9.17, 15) is 4.79 Å². The molecule has 0 aliphatic carbocycles. The number of hydrogen-bond acceptors (Lipinski definition) is 3. The first-order valence-electron chi connectivity index (χ1n) is 5.14. The third kappa shape index (κ3) is 2.46. The fourth-order valence-electron chi connectivity index (χ4n) is 1.75. The molecule has 1 aromatic rings. The summed E-state index contributed by atoms with van der Waals surface area (Å²) in [6, 6.07) is 10.2. The minimum Gasteiger partial charge on any atom is -0.359 e. The van der Waals surface area contributed by atoms with Gasteiger partial charge in [-0.05, 0) is 5.56 Å². The van der Waals surface area contributed by atoms with E-state index in [2.05, 4.69) is 22.3 Å². The maximum absolute atomic E-state index is 10.7. The Morgan fingerprint density at radius 1 is 1.33 bits per heavy atom. The van der Waals surface area contributed by atoms with Crippen LogP contribution >= 0.6 is 0 Å². The molecule has 3 nitrogen and oxygen atoms in total. The molecule has 0 unspecified atom stereocenters. The first kappa shape index (κ1) is 9.97. The van der Waals surface area contributed by atoms with Crippen LogP contribution in [0.25, 0.3) is 0 Å². The van der Waals surface area contributed by atoms with Crippen LogP contribution in [-0.4, -0.2) is 30.5 Å². The molecule has 15 heavy (non-hydrogen) atoms. The van der Waals surface area contributed by atoms with Crippen molar-refractivity contribution in [2.45, 2.75) is 6.54 Å². The molecule has 1 N–H and O–H groups in total. The summed E-state index contributed by atoms with van der Waals surface area (Å²) in [6.45, 7) is 3.24. The highest BCUT2D eigenvalue weighted by atomic mass is 16.1. The lowest BCUT2D eigenvalue weighted by Crippen LogP contribution is -2.41. The van der Waals surface area contributed by atoms with Crippen LogP contribution in [-0.2, 0) is 11.3 Å². The van der Waals surface area contributed by atoms with E-state index in [-0.39, 0.29) is 0 Å². The molecule has 2 rings (SSSR count). The Morgan fingerprint density at radius 2 is 2.13 bits per heavy atom. The number of nitrogens with one attached hydrogen (secondary N) is 1. The highest BCUT2D eigenvalue weighted by molar-refractivity contribution is 5.52. The average molecular weight is 202 g/mol. The zero-order chi connectivity index (χ0) is 10.5. The molecule has 1 aromatic carbocycles. The van der Waals surface area contributed by atoms with E-state index < -0.39 is 0 Å². The van der Waals surface area contributed by atoms with Crippen LogP contribution < -0.4 is 5.32 Å². The molecule has 0 radical (unpaired) electrons. The fraction of sp³-hybridized carbons (Fsp3) is 0.333. The molecule has 1 saturated heterocycles. The van der Waals surface area contributed by atoms with Gasteiger partial charge >= 0.3 is 0 Å². The topological polar surface area (TPSA) is 32.3 Å². The lowest BCUT2D eigenvalue weighted by Gasteiger charge is -2.29. The fourth-order valence-corrected chi connectivity index (χ4v) is 1.75. The lowest BCUT2D eigenvalue weighted by molar-refractivity contribution is 0.296. The predicted molar refractivity (Wildman–Crippen MR) is 58.9 cm³/mol. The highest BCUT2D eigenvalue weighted by Crippen LogP contribution is 2.10. The summed E-state index contributed by atoms with van der Waals surface area (Å²) < 4.78 is 0. The number of hydrogen-bond donors (Lipinski definition) is 1. The van der Waals surface area contributed by atoms with Gasteiger partial charge in [-0.2, -0.15) is 0 Å². The first-order valence-corrected chi connectivity index (χ1v) is 5.14. The second-order valence-electron chi connectivity index (χ2n) is 3.63. The Balaban J connectivity index is 2.07. The molecule has 0 atom stereocenters. The number of nitrogens with zero attached hydrogens (tertiary/aromatic N) is 1. The van der Waals surface area contributed by atoms with E-state index in [0.29, 0.717) is 6.54 Å². The number of carbonyl (C=O) groups excluding carboxylic acids is 1. The summed E-state index contributed by atoms with van der Waals surface area (Å²) in [5.74, 6) is 2.00. The molecule has 0 aromatic heterocycles. The summed E-state index contributed by atoms with van der Waals surface area (Å²) in [5, 5.41) is 3.16. The quantitative estimate of drug-likeness (QED) is 0.720. The summed E-state index contributed by atoms with van der Waals surface area (Å²) in [7, 11) is 0. The van der Waals surface area contributed by atoms with Crippen LogP contribution in [0.5, 0.6) is 0 Å². The normalized spacial score (nSPS) is 16.3. The first-order chi connectivity index (χ1) is 7.40. The molecule has 0 saturated carbocycles. The van der Waals surface area contributed by atoms with E-state index in [1.54, 1.807) is 0 Å². The van der Waals surface area contributed by atoms with E-state index in [1.165, 1.54) is 5.56 Å². The van der Waals surface area contributed by atoms with Gasteiger partial charge in [0.05, 0.1) is 0 Å². The van der Waals surface area contributed by atoms with Crippen molar-refractivity contribution in [2.75, 3.05) is 19.6 Å². The Hall–Kier alpha value is -1.57. The molecule has 1 aliphatic heterocycles. The van der Waals surface area contributed by atoms with Crippen molar-refractivity contribution < 1.29 is 4.79 Å². The van der Waals surface area contributed by atoms with E-state index in [0.717, 1.165) is 25.3 Å². The van der Waals surface area contributed by atoms with Gasteiger partial charge in [0, 0.05) is 26.2 Å². The largest absolute Gasteiger partial charge is 0.359 e. The van der Waals surface area contributed by atoms with Crippen LogP contribution in [0.1, 0.15) is 5.56 Å². The van der Waals surface area contributed by atoms with E-state index >= 15 is 0 Å². The van der Waals surface area contributed by atoms with Crippen molar-refractivity contribution in [1.82, 2.24) is 10.2 Å². The summed E-state index contributed by atoms with van der Waals surface area (Å²) in [5.41, 5.74) is 1.96. The van der Waals surface area contributed by atoms with Crippen molar-refractivity contribution >= 4 is 5.94 Å². The Morgan fingerprint density at radius 3 is 2.87 bits per heavy atom. The van der Waals surface area contributed by atoms with E-state index in [1.807, 2.05) is 24.1 Å². The zero-order valence-corrected chi connectivity index (χ0v) is 8.57. The van der Waals surface area contributed by atoms with Gasteiger partial charge in [-0.1, -0.05) is 30.3 Å². The molecule has 1 heterocycles. The number of piperazine rings is 1. The second kappa shape index (κ2) is 4.78. The zero-order valence-electron chi connectivity index (χ0n) is 8.57. The molecule has 78 valence electrons. The Labute approximate surface area is 89.4 Å². The monoisotopic (exact) mass is 202 g/mol. The maximum Gasteiger partial charge on any atom is 0.147 e. The third-order valence-corrected chi connectivity index (χ3v) is 2.57. The van der Waals surface area contributed by atoms with Crippen molar-refractivity contribution in [1.29, 1.82) is 0 Å². The number of benzene rings is 1. The molecule has 0 spiro atoms. The Bertz CT molecular complexity index is 368. The van der Waals surface area contributed by atoms with Gasteiger partial charge in [0.1, 0.15) is 11.6 Å². The van der Waals surface area contributed by atoms with Gasteiger partial charge in [-0.25, -0.2) is 4.79 Å². The summed E-state index contributed by atoms with van der Waals surface area (Å²) in [6.07, 6.45) is 0. The van der Waals surface area contributed by atoms with Gasteiger partial charge < -0.3 is 10.2 Å². The highest BCUT2D eigenvalue weighted by Gasteiger charge is 2.15. The van der Waals surface area contributed by atoms with Gasteiger partial charge in [0.15, 0.2) is 0 Å². The summed E-state index contributed by atoms with van der Waals surface area (Å²) in [4.78, 5) is 12.8.